The summed E-state index contributed by atoms with van der Waals surface area (Å²) in [5.41, 5.74) is 0. The fourth-order valence-corrected chi connectivity index (χ4v) is 3.59. The zero-order chi connectivity index (χ0) is 12.1. The zero-order valence-corrected chi connectivity index (χ0v) is 12.3. The Hall–Kier alpha value is 0.0600. The number of thiophene rings is 1. The molecule has 1 aromatic rings. The number of hydrogen-bond acceptors (Lipinski definition) is 4. The Morgan fingerprint density at radius 2 is 2.18 bits per heavy atom. The van der Waals surface area contributed by atoms with Crippen LogP contribution in [-0.2, 0) is 6.54 Å². The van der Waals surface area contributed by atoms with Crippen molar-refractivity contribution in [3.05, 3.63) is 20.8 Å². The van der Waals surface area contributed by atoms with Crippen LogP contribution in [0.5, 0.6) is 0 Å². The molecule has 2 heterocycles. The fourth-order valence-electron chi connectivity index (χ4n) is 2.14. The van der Waals surface area contributed by atoms with E-state index < -0.39 is 0 Å². The summed E-state index contributed by atoms with van der Waals surface area (Å²) in [6.07, 6.45) is 2.31. The lowest BCUT2D eigenvalue weighted by molar-refractivity contribution is 0.123. The number of aliphatic hydroxyl groups is 1. The third kappa shape index (κ3) is 4.67. The lowest BCUT2D eigenvalue weighted by Crippen LogP contribution is -2.36. The quantitative estimate of drug-likeness (QED) is 0.842. The minimum absolute atomic E-state index is 0.253. The molecular weight excluding hydrogens is 300 g/mol. The van der Waals surface area contributed by atoms with Gasteiger partial charge in [0.05, 0.1) is 9.89 Å². The molecule has 0 spiro atoms. The summed E-state index contributed by atoms with van der Waals surface area (Å²) in [7, 11) is 0. The van der Waals surface area contributed by atoms with E-state index >= 15 is 0 Å². The Labute approximate surface area is 115 Å². The van der Waals surface area contributed by atoms with Gasteiger partial charge in [0.15, 0.2) is 0 Å². The second kappa shape index (κ2) is 6.85. The van der Waals surface area contributed by atoms with Crippen LogP contribution in [0.4, 0.5) is 0 Å². The summed E-state index contributed by atoms with van der Waals surface area (Å²) in [5, 5.41) is 13.2. The predicted octanol–water partition coefficient (Wildman–Crippen LogP) is 2.06. The first-order chi connectivity index (χ1) is 8.24. The van der Waals surface area contributed by atoms with Gasteiger partial charge in [-0.15, -0.1) is 11.3 Å². The molecule has 1 fully saturated rings. The molecule has 1 saturated heterocycles. The topological polar surface area (TPSA) is 35.5 Å². The SMILES string of the molecule is OC(CNCc1ccc(Br)s1)CN1CCCC1. The number of nitrogens with one attached hydrogen (secondary N) is 1. The molecule has 5 heteroatoms. The summed E-state index contributed by atoms with van der Waals surface area (Å²) in [5.74, 6) is 0. The summed E-state index contributed by atoms with van der Waals surface area (Å²) in [6, 6.07) is 4.16. The van der Waals surface area contributed by atoms with Crippen LogP contribution in [0.1, 0.15) is 17.7 Å². The van der Waals surface area contributed by atoms with Crippen molar-refractivity contribution in [2.24, 2.45) is 0 Å². The molecular formula is C12H19BrN2OS. The van der Waals surface area contributed by atoms with E-state index in [9.17, 15) is 5.11 Å². The van der Waals surface area contributed by atoms with Crippen molar-refractivity contribution in [1.82, 2.24) is 10.2 Å². The van der Waals surface area contributed by atoms with Gasteiger partial charge in [0.25, 0.3) is 0 Å². The molecule has 0 aliphatic carbocycles. The molecule has 1 aromatic heterocycles. The standard InChI is InChI=1S/C12H19BrN2OS/c13-12-4-3-11(17-12)8-14-7-10(16)9-15-5-1-2-6-15/h3-4,10,14,16H,1-2,5-9H2. The first-order valence-corrected chi connectivity index (χ1v) is 7.70. The molecule has 3 nitrogen and oxygen atoms in total. The molecule has 2 rings (SSSR count). The molecule has 1 aliphatic rings. The molecule has 0 amide bonds. The third-order valence-electron chi connectivity index (χ3n) is 2.98. The first-order valence-electron chi connectivity index (χ1n) is 6.09. The Balaban J connectivity index is 1.60. The largest absolute Gasteiger partial charge is 0.390 e. The van der Waals surface area contributed by atoms with Gasteiger partial charge in [-0.1, -0.05) is 0 Å². The van der Waals surface area contributed by atoms with Gasteiger partial charge in [-0.2, -0.15) is 0 Å². The molecule has 17 heavy (non-hydrogen) atoms. The monoisotopic (exact) mass is 318 g/mol. The molecule has 96 valence electrons. The molecule has 1 aliphatic heterocycles. The van der Waals surface area contributed by atoms with Gasteiger partial charge >= 0.3 is 0 Å². The summed E-state index contributed by atoms with van der Waals surface area (Å²) < 4.78 is 1.16. The van der Waals surface area contributed by atoms with Crippen LogP contribution in [0.3, 0.4) is 0 Å². The van der Waals surface area contributed by atoms with Gasteiger partial charge in [0.1, 0.15) is 0 Å². The summed E-state index contributed by atoms with van der Waals surface area (Å²) in [6.45, 7) is 4.62. The minimum atomic E-state index is -0.253. The van der Waals surface area contributed by atoms with Crippen molar-refractivity contribution >= 4 is 27.3 Å². The number of nitrogens with zero attached hydrogens (tertiary/aromatic N) is 1. The van der Waals surface area contributed by atoms with Crippen LogP contribution in [0.25, 0.3) is 0 Å². The number of likely N-dealkylation sites (tertiary alicyclic amines) is 1. The number of hydrogen-bond donors (Lipinski definition) is 2. The fraction of sp³-hybridized carbons (Fsp3) is 0.667. The van der Waals surface area contributed by atoms with Gasteiger partial charge in [0, 0.05) is 24.5 Å². The second-order valence-electron chi connectivity index (χ2n) is 4.50. The van der Waals surface area contributed by atoms with E-state index in [0.717, 1.165) is 30.0 Å². The van der Waals surface area contributed by atoms with Gasteiger partial charge in [0.2, 0.25) is 0 Å². The highest BCUT2D eigenvalue weighted by Gasteiger charge is 2.15. The summed E-state index contributed by atoms with van der Waals surface area (Å²) >= 11 is 5.18. The highest BCUT2D eigenvalue weighted by molar-refractivity contribution is 9.11. The number of β-amino-alcohol motifs (C(OH)–C–C–N with tert-alkyl or cyclic N) is 1. The van der Waals surface area contributed by atoms with Gasteiger partial charge in [-0.05, 0) is 54.0 Å². The van der Waals surface area contributed by atoms with Crippen LogP contribution >= 0.6 is 27.3 Å². The Kier molecular flexibility index (Phi) is 5.44. The summed E-state index contributed by atoms with van der Waals surface area (Å²) in [4.78, 5) is 3.64. The average Bonchev–Trinajstić information content (AvgIpc) is 2.90. The van der Waals surface area contributed by atoms with E-state index in [-0.39, 0.29) is 6.10 Å². The lowest BCUT2D eigenvalue weighted by Gasteiger charge is -2.19. The van der Waals surface area contributed by atoms with Crippen molar-refractivity contribution in [3.8, 4) is 0 Å². The van der Waals surface area contributed by atoms with E-state index in [1.54, 1.807) is 11.3 Å². The molecule has 0 saturated carbocycles. The van der Waals surface area contributed by atoms with Crippen LogP contribution < -0.4 is 5.32 Å². The lowest BCUT2D eigenvalue weighted by atomic mass is 10.3. The van der Waals surface area contributed by atoms with E-state index in [1.165, 1.54) is 17.7 Å². The van der Waals surface area contributed by atoms with Gasteiger partial charge in [-0.3, -0.25) is 0 Å². The maximum absolute atomic E-state index is 9.88. The smallest absolute Gasteiger partial charge is 0.0791 e. The van der Waals surface area contributed by atoms with Gasteiger partial charge in [-0.25, -0.2) is 0 Å². The van der Waals surface area contributed by atoms with Crippen molar-refractivity contribution < 1.29 is 5.11 Å². The number of aliphatic hydroxyl groups excluding tert-OH is 1. The van der Waals surface area contributed by atoms with Gasteiger partial charge < -0.3 is 15.3 Å². The van der Waals surface area contributed by atoms with E-state index in [1.807, 2.05) is 0 Å². The maximum atomic E-state index is 9.88. The van der Waals surface area contributed by atoms with E-state index in [4.69, 9.17) is 0 Å². The Morgan fingerprint density at radius 1 is 1.41 bits per heavy atom. The van der Waals surface area contributed by atoms with Crippen molar-refractivity contribution in [3.63, 3.8) is 0 Å². The normalized spacial score (nSPS) is 18.7. The molecule has 2 N–H and O–H groups in total. The highest BCUT2D eigenvalue weighted by Crippen LogP contribution is 2.21. The van der Waals surface area contributed by atoms with Crippen LogP contribution in [-0.4, -0.2) is 42.3 Å². The maximum Gasteiger partial charge on any atom is 0.0791 e. The minimum Gasteiger partial charge on any atom is -0.390 e. The first kappa shape index (κ1) is 13.5. The molecule has 0 radical (unpaired) electrons. The zero-order valence-electron chi connectivity index (χ0n) is 9.86. The van der Waals surface area contributed by atoms with E-state index in [2.05, 4.69) is 38.3 Å². The molecule has 1 unspecified atom stereocenters. The predicted molar refractivity (Wildman–Crippen MR) is 75.4 cm³/mol. The molecule has 0 aromatic carbocycles. The number of halogens is 1. The second-order valence-corrected chi connectivity index (χ2v) is 7.05. The average molecular weight is 319 g/mol. The van der Waals surface area contributed by atoms with Crippen molar-refractivity contribution in [2.75, 3.05) is 26.2 Å². The van der Waals surface area contributed by atoms with Crippen molar-refractivity contribution in [1.29, 1.82) is 0 Å². The highest BCUT2D eigenvalue weighted by atomic mass is 79.9. The molecule has 1 atom stereocenters. The van der Waals surface area contributed by atoms with Crippen LogP contribution in [0, 0.1) is 0 Å². The van der Waals surface area contributed by atoms with Crippen molar-refractivity contribution in [2.45, 2.75) is 25.5 Å². The molecule has 0 bridgehead atoms. The van der Waals surface area contributed by atoms with E-state index in [0.29, 0.717) is 6.54 Å². The van der Waals surface area contributed by atoms with Crippen LogP contribution in [0.15, 0.2) is 15.9 Å². The van der Waals surface area contributed by atoms with Crippen LogP contribution in [0.2, 0.25) is 0 Å². The Bertz CT molecular complexity index is 339. The number of rotatable bonds is 6. The Morgan fingerprint density at radius 3 is 2.82 bits per heavy atom. The third-order valence-corrected chi connectivity index (χ3v) is 4.60.